The number of ether oxygens (including phenoxy) is 2. The van der Waals surface area contributed by atoms with Crippen LogP contribution < -0.4 is 14.8 Å². The standard InChI is InChI=1S/C16H16ClFN2O3/c1-3-7-22-16-14(5-4-6-19-16)23-15-9-13(20-10(2)21)12(18)8-11(15)17/h4-6,8-9H,3,7H2,1-2H3,(H,20,21). The van der Waals surface area contributed by atoms with Crippen molar-refractivity contribution in [2.24, 2.45) is 0 Å². The lowest BCUT2D eigenvalue weighted by Crippen LogP contribution is -2.07. The van der Waals surface area contributed by atoms with Crippen LogP contribution in [0.5, 0.6) is 17.4 Å². The molecule has 0 atom stereocenters. The number of carbonyl (C=O) groups excluding carboxylic acids is 1. The Kier molecular flexibility index (Phi) is 5.76. The van der Waals surface area contributed by atoms with Crippen LogP contribution >= 0.6 is 11.6 Å². The van der Waals surface area contributed by atoms with E-state index in [2.05, 4.69) is 10.3 Å². The first kappa shape index (κ1) is 17.0. The van der Waals surface area contributed by atoms with Crippen LogP contribution in [-0.2, 0) is 4.79 Å². The molecular weight excluding hydrogens is 323 g/mol. The first-order chi connectivity index (χ1) is 11.0. The van der Waals surface area contributed by atoms with E-state index in [0.29, 0.717) is 18.2 Å². The van der Waals surface area contributed by atoms with Crippen LogP contribution in [0.2, 0.25) is 5.02 Å². The number of nitrogens with zero attached hydrogens (tertiary/aromatic N) is 1. The van der Waals surface area contributed by atoms with E-state index in [1.54, 1.807) is 18.3 Å². The third-order valence-electron chi connectivity index (χ3n) is 2.73. The second-order valence-electron chi connectivity index (χ2n) is 4.70. The maximum absolute atomic E-state index is 13.8. The summed E-state index contributed by atoms with van der Waals surface area (Å²) in [7, 11) is 0. The van der Waals surface area contributed by atoms with Crippen LogP contribution in [0.4, 0.5) is 10.1 Å². The summed E-state index contributed by atoms with van der Waals surface area (Å²) in [6, 6.07) is 5.73. The van der Waals surface area contributed by atoms with Gasteiger partial charge in [-0.3, -0.25) is 4.79 Å². The molecule has 1 N–H and O–H groups in total. The normalized spacial score (nSPS) is 10.3. The van der Waals surface area contributed by atoms with Gasteiger partial charge < -0.3 is 14.8 Å². The van der Waals surface area contributed by atoms with Crippen LogP contribution in [-0.4, -0.2) is 17.5 Å². The number of anilines is 1. The van der Waals surface area contributed by atoms with Crippen LogP contribution in [0.25, 0.3) is 0 Å². The largest absolute Gasteiger partial charge is 0.475 e. The third kappa shape index (κ3) is 4.56. The maximum Gasteiger partial charge on any atom is 0.257 e. The lowest BCUT2D eigenvalue weighted by molar-refractivity contribution is -0.114. The van der Waals surface area contributed by atoms with Gasteiger partial charge in [0.15, 0.2) is 5.75 Å². The number of benzene rings is 1. The van der Waals surface area contributed by atoms with Crippen molar-refractivity contribution >= 4 is 23.2 Å². The summed E-state index contributed by atoms with van der Waals surface area (Å²) in [5, 5.41) is 2.45. The summed E-state index contributed by atoms with van der Waals surface area (Å²) >= 11 is 6.01. The number of pyridine rings is 1. The van der Waals surface area contributed by atoms with E-state index in [9.17, 15) is 9.18 Å². The zero-order valence-corrected chi connectivity index (χ0v) is 13.5. The van der Waals surface area contributed by atoms with Crippen LogP contribution in [0.3, 0.4) is 0 Å². The van der Waals surface area contributed by atoms with Gasteiger partial charge in [0.25, 0.3) is 5.88 Å². The topological polar surface area (TPSA) is 60.5 Å². The fraction of sp³-hybridized carbons (Fsp3) is 0.250. The number of hydrogen-bond donors (Lipinski definition) is 1. The quantitative estimate of drug-likeness (QED) is 0.847. The Balaban J connectivity index is 2.31. The molecule has 1 heterocycles. The van der Waals surface area contributed by atoms with E-state index < -0.39 is 11.7 Å². The van der Waals surface area contributed by atoms with Crippen molar-refractivity contribution in [3.8, 4) is 17.4 Å². The Morgan fingerprint density at radius 2 is 2.17 bits per heavy atom. The lowest BCUT2D eigenvalue weighted by atomic mass is 10.2. The van der Waals surface area contributed by atoms with Gasteiger partial charge in [-0.15, -0.1) is 0 Å². The molecule has 0 radical (unpaired) electrons. The minimum absolute atomic E-state index is 0.0168. The maximum atomic E-state index is 13.8. The average molecular weight is 339 g/mol. The molecule has 1 amide bonds. The molecular formula is C16H16ClFN2O3. The number of amides is 1. The molecule has 1 aromatic carbocycles. The fourth-order valence-corrected chi connectivity index (χ4v) is 1.96. The third-order valence-corrected chi connectivity index (χ3v) is 3.03. The Morgan fingerprint density at radius 1 is 1.39 bits per heavy atom. The fourth-order valence-electron chi connectivity index (χ4n) is 1.77. The minimum atomic E-state index is -0.647. The molecule has 0 bridgehead atoms. The SMILES string of the molecule is CCCOc1ncccc1Oc1cc(NC(C)=O)c(F)cc1Cl. The van der Waals surface area contributed by atoms with Crippen molar-refractivity contribution in [1.29, 1.82) is 0 Å². The highest BCUT2D eigenvalue weighted by atomic mass is 35.5. The number of hydrogen-bond acceptors (Lipinski definition) is 4. The van der Waals surface area contributed by atoms with E-state index in [4.69, 9.17) is 21.1 Å². The van der Waals surface area contributed by atoms with Crippen LogP contribution in [0.1, 0.15) is 20.3 Å². The summed E-state index contributed by atoms with van der Waals surface area (Å²) in [5.74, 6) is -0.193. The van der Waals surface area contributed by atoms with E-state index in [0.717, 1.165) is 12.5 Å². The molecule has 5 nitrogen and oxygen atoms in total. The van der Waals surface area contributed by atoms with Crippen molar-refractivity contribution in [3.05, 3.63) is 41.3 Å². The smallest absolute Gasteiger partial charge is 0.257 e. The summed E-state index contributed by atoms with van der Waals surface area (Å²) in [4.78, 5) is 15.2. The van der Waals surface area contributed by atoms with Gasteiger partial charge in [-0.2, -0.15) is 0 Å². The molecule has 0 spiro atoms. The molecule has 0 saturated heterocycles. The predicted molar refractivity (Wildman–Crippen MR) is 85.8 cm³/mol. The van der Waals surface area contributed by atoms with Crippen LogP contribution in [0.15, 0.2) is 30.5 Å². The molecule has 1 aromatic heterocycles. The molecule has 2 rings (SSSR count). The second kappa shape index (κ2) is 7.78. The Hall–Kier alpha value is -2.34. The number of rotatable bonds is 6. The van der Waals surface area contributed by atoms with Gasteiger partial charge in [0, 0.05) is 19.2 Å². The average Bonchev–Trinajstić information content (AvgIpc) is 2.50. The van der Waals surface area contributed by atoms with E-state index in [1.165, 1.54) is 13.0 Å². The summed E-state index contributed by atoms with van der Waals surface area (Å²) in [5.41, 5.74) is -0.0168. The molecule has 122 valence electrons. The summed E-state index contributed by atoms with van der Waals surface area (Å²) in [6.07, 6.45) is 2.40. The predicted octanol–water partition coefficient (Wildman–Crippen LogP) is 4.41. The molecule has 0 aliphatic rings. The molecule has 0 fully saturated rings. The highest BCUT2D eigenvalue weighted by Crippen LogP contribution is 2.36. The van der Waals surface area contributed by atoms with Crippen LogP contribution in [0, 0.1) is 5.82 Å². The van der Waals surface area contributed by atoms with Crippen molar-refractivity contribution in [3.63, 3.8) is 0 Å². The van der Waals surface area contributed by atoms with Gasteiger partial charge in [0.2, 0.25) is 5.91 Å². The van der Waals surface area contributed by atoms with Crippen molar-refractivity contribution in [2.75, 3.05) is 11.9 Å². The molecule has 0 aliphatic carbocycles. The molecule has 7 heteroatoms. The summed E-state index contributed by atoms with van der Waals surface area (Å²) in [6.45, 7) is 3.74. The monoisotopic (exact) mass is 338 g/mol. The van der Waals surface area contributed by atoms with Gasteiger partial charge in [0.1, 0.15) is 11.6 Å². The van der Waals surface area contributed by atoms with Crippen molar-refractivity contribution < 1.29 is 18.7 Å². The molecule has 0 unspecified atom stereocenters. The van der Waals surface area contributed by atoms with E-state index in [-0.39, 0.29) is 16.5 Å². The second-order valence-corrected chi connectivity index (χ2v) is 5.11. The van der Waals surface area contributed by atoms with Gasteiger partial charge >= 0.3 is 0 Å². The van der Waals surface area contributed by atoms with Gasteiger partial charge in [-0.05, 0) is 24.6 Å². The summed E-state index contributed by atoms with van der Waals surface area (Å²) < 4.78 is 25.0. The Morgan fingerprint density at radius 3 is 2.87 bits per heavy atom. The molecule has 23 heavy (non-hydrogen) atoms. The minimum Gasteiger partial charge on any atom is -0.475 e. The Bertz CT molecular complexity index is 710. The van der Waals surface area contributed by atoms with Crippen molar-refractivity contribution in [2.45, 2.75) is 20.3 Å². The number of halogens is 2. The first-order valence-electron chi connectivity index (χ1n) is 7.03. The van der Waals surface area contributed by atoms with E-state index >= 15 is 0 Å². The first-order valence-corrected chi connectivity index (χ1v) is 7.41. The molecule has 2 aromatic rings. The molecule has 0 saturated carbocycles. The van der Waals surface area contributed by atoms with Gasteiger partial charge in [-0.1, -0.05) is 18.5 Å². The number of carbonyl (C=O) groups is 1. The highest BCUT2D eigenvalue weighted by molar-refractivity contribution is 6.32. The zero-order chi connectivity index (χ0) is 16.8. The lowest BCUT2D eigenvalue weighted by Gasteiger charge is -2.13. The zero-order valence-electron chi connectivity index (χ0n) is 12.7. The van der Waals surface area contributed by atoms with Crippen molar-refractivity contribution in [1.82, 2.24) is 4.98 Å². The van der Waals surface area contributed by atoms with Gasteiger partial charge in [-0.25, -0.2) is 9.37 Å². The number of aromatic nitrogens is 1. The number of nitrogens with one attached hydrogen (secondary N) is 1. The molecule has 0 aliphatic heterocycles. The highest BCUT2D eigenvalue weighted by Gasteiger charge is 2.14. The van der Waals surface area contributed by atoms with E-state index in [1.807, 2.05) is 6.92 Å². The van der Waals surface area contributed by atoms with Gasteiger partial charge in [0.05, 0.1) is 17.3 Å². The Labute approximate surface area is 138 Å².